The van der Waals surface area contributed by atoms with Gasteiger partial charge in [-0.25, -0.2) is 0 Å². The maximum atomic E-state index is 10.2. The summed E-state index contributed by atoms with van der Waals surface area (Å²) in [6, 6.07) is 1.87. The zero-order valence-corrected chi connectivity index (χ0v) is 13.5. The molecule has 1 aliphatic heterocycles. The van der Waals surface area contributed by atoms with E-state index in [4.69, 9.17) is 9.31 Å². The average Bonchev–Trinajstić information content (AvgIpc) is 2.78. The first kappa shape index (κ1) is 15.5. The van der Waals surface area contributed by atoms with Crippen LogP contribution in [0.1, 0.15) is 54.2 Å². The summed E-state index contributed by atoms with van der Waals surface area (Å²) < 4.78 is 13.8. The van der Waals surface area contributed by atoms with Gasteiger partial charge in [0, 0.05) is 6.54 Å². The van der Waals surface area contributed by atoms with Crippen LogP contribution in [0.4, 0.5) is 0 Å². The molecule has 0 spiro atoms. The molecule has 2 rings (SSSR count). The second kappa shape index (κ2) is 4.58. The fraction of sp³-hybridized carbons (Fsp3) is 0.786. The molecule has 1 aromatic rings. The zero-order valence-electron chi connectivity index (χ0n) is 13.5. The zero-order chi connectivity index (χ0) is 15.3. The molecule has 1 aliphatic rings. The average molecular weight is 280 g/mol. The number of nitrogens with zero attached hydrogens (tertiary/aromatic N) is 2. The van der Waals surface area contributed by atoms with E-state index in [0.717, 1.165) is 5.69 Å². The Morgan fingerprint density at radius 1 is 1.25 bits per heavy atom. The van der Waals surface area contributed by atoms with Gasteiger partial charge >= 0.3 is 7.12 Å². The van der Waals surface area contributed by atoms with Crippen molar-refractivity contribution in [3.63, 3.8) is 0 Å². The molecule has 1 aromatic heterocycles. The molecule has 0 amide bonds. The lowest BCUT2D eigenvalue weighted by Crippen LogP contribution is -2.41. The number of hydrogen-bond acceptors (Lipinski definition) is 4. The molecule has 0 aromatic carbocycles. The minimum Gasteiger partial charge on any atom is -0.398 e. The first-order chi connectivity index (χ1) is 8.98. The van der Waals surface area contributed by atoms with E-state index in [-0.39, 0.29) is 11.2 Å². The Morgan fingerprint density at radius 3 is 2.10 bits per heavy atom. The number of aromatic nitrogens is 2. The van der Waals surface area contributed by atoms with E-state index >= 15 is 0 Å². The lowest BCUT2D eigenvalue weighted by atomic mass is 9.84. The Morgan fingerprint density at radius 2 is 1.75 bits per heavy atom. The molecule has 20 heavy (non-hydrogen) atoms. The van der Waals surface area contributed by atoms with Crippen LogP contribution in [-0.4, -0.2) is 33.2 Å². The minimum absolute atomic E-state index is 0.386. The second-order valence-electron chi connectivity index (χ2n) is 6.92. The van der Waals surface area contributed by atoms with Gasteiger partial charge in [-0.05, 0) is 54.5 Å². The van der Waals surface area contributed by atoms with Crippen LogP contribution in [0.5, 0.6) is 0 Å². The first-order valence-electron chi connectivity index (χ1n) is 7.14. The highest BCUT2D eigenvalue weighted by Gasteiger charge is 2.53. The Bertz CT molecular complexity index is 487. The number of aliphatic hydroxyl groups is 1. The summed E-state index contributed by atoms with van der Waals surface area (Å²) in [5, 5.41) is 14.7. The van der Waals surface area contributed by atoms with Crippen molar-refractivity contribution in [3.8, 4) is 0 Å². The number of rotatable bonds is 3. The standard InChI is InChI=1S/C14H25BN2O3/c1-8-17-10(12(2,3)18)9-11(16-17)15-19-13(4,5)14(6,7)20-15/h9,18H,8H2,1-7H3. The summed E-state index contributed by atoms with van der Waals surface area (Å²) in [6.07, 6.45) is 0. The summed E-state index contributed by atoms with van der Waals surface area (Å²) in [7, 11) is -0.492. The van der Waals surface area contributed by atoms with Gasteiger partial charge in [0.2, 0.25) is 0 Å². The van der Waals surface area contributed by atoms with Gasteiger partial charge in [-0.3, -0.25) is 4.68 Å². The first-order valence-corrected chi connectivity index (χ1v) is 7.14. The Hall–Kier alpha value is -0.845. The molecule has 1 fully saturated rings. The van der Waals surface area contributed by atoms with Crippen LogP contribution in [0.3, 0.4) is 0 Å². The molecule has 1 saturated heterocycles. The van der Waals surface area contributed by atoms with Crippen molar-refractivity contribution in [1.82, 2.24) is 9.78 Å². The van der Waals surface area contributed by atoms with Crippen LogP contribution in [-0.2, 0) is 21.5 Å². The molecule has 0 unspecified atom stereocenters. The Balaban J connectivity index is 2.35. The maximum Gasteiger partial charge on any atom is 0.516 e. The molecule has 112 valence electrons. The van der Waals surface area contributed by atoms with Crippen molar-refractivity contribution in [2.45, 2.75) is 71.8 Å². The lowest BCUT2D eigenvalue weighted by molar-refractivity contribution is 0.00578. The van der Waals surface area contributed by atoms with Gasteiger partial charge in [0.1, 0.15) is 5.60 Å². The number of hydrogen-bond donors (Lipinski definition) is 1. The van der Waals surface area contributed by atoms with Crippen molar-refractivity contribution in [2.75, 3.05) is 0 Å². The molecule has 1 N–H and O–H groups in total. The van der Waals surface area contributed by atoms with Gasteiger partial charge in [0.25, 0.3) is 0 Å². The third kappa shape index (κ3) is 2.52. The van der Waals surface area contributed by atoms with Gasteiger partial charge in [-0.15, -0.1) is 0 Å². The highest BCUT2D eigenvalue weighted by Crippen LogP contribution is 2.36. The molecular weight excluding hydrogens is 255 g/mol. The summed E-state index contributed by atoms with van der Waals surface area (Å²) in [5.41, 5.74) is -0.233. The predicted octanol–water partition coefficient (Wildman–Crippen LogP) is 1.43. The molecule has 0 aliphatic carbocycles. The van der Waals surface area contributed by atoms with E-state index in [1.165, 1.54) is 0 Å². The molecule has 2 heterocycles. The Labute approximate surface area is 121 Å². The van der Waals surface area contributed by atoms with Crippen molar-refractivity contribution in [3.05, 3.63) is 11.8 Å². The molecular formula is C14H25BN2O3. The summed E-state index contributed by atoms with van der Waals surface area (Å²) >= 11 is 0. The molecule has 5 nitrogen and oxygen atoms in total. The van der Waals surface area contributed by atoms with Crippen LogP contribution in [0.25, 0.3) is 0 Å². The largest absolute Gasteiger partial charge is 0.516 e. The van der Waals surface area contributed by atoms with Crippen LogP contribution >= 0.6 is 0 Å². The van der Waals surface area contributed by atoms with Gasteiger partial charge in [0.05, 0.1) is 22.5 Å². The summed E-state index contributed by atoms with van der Waals surface area (Å²) in [4.78, 5) is 0. The van der Waals surface area contributed by atoms with Crippen molar-refractivity contribution >= 4 is 12.7 Å². The van der Waals surface area contributed by atoms with E-state index in [2.05, 4.69) is 5.10 Å². The lowest BCUT2D eigenvalue weighted by Gasteiger charge is -2.32. The third-order valence-electron chi connectivity index (χ3n) is 4.22. The van der Waals surface area contributed by atoms with Gasteiger partial charge in [-0.1, -0.05) is 0 Å². The molecule has 0 bridgehead atoms. The van der Waals surface area contributed by atoms with Crippen molar-refractivity contribution in [2.24, 2.45) is 0 Å². The normalized spacial score (nSPS) is 21.5. The second-order valence-corrected chi connectivity index (χ2v) is 6.92. The van der Waals surface area contributed by atoms with Crippen molar-refractivity contribution in [1.29, 1.82) is 0 Å². The summed E-state index contributed by atoms with van der Waals surface area (Å²) in [6.45, 7) is 14.3. The van der Waals surface area contributed by atoms with Gasteiger partial charge in [0.15, 0.2) is 0 Å². The van der Waals surface area contributed by atoms with E-state index in [0.29, 0.717) is 12.1 Å². The quantitative estimate of drug-likeness (QED) is 0.851. The molecule has 0 atom stereocenters. The van der Waals surface area contributed by atoms with Crippen LogP contribution < -0.4 is 5.59 Å². The smallest absolute Gasteiger partial charge is 0.398 e. The van der Waals surface area contributed by atoms with E-state index < -0.39 is 12.7 Å². The molecule has 0 saturated carbocycles. The van der Waals surface area contributed by atoms with Crippen LogP contribution in [0.15, 0.2) is 6.07 Å². The van der Waals surface area contributed by atoms with Crippen LogP contribution in [0.2, 0.25) is 0 Å². The van der Waals surface area contributed by atoms with Crippen LogP contribution in [0, 0.1) is 0 Å². The maximum absolute atomic E-state index is 10.2. The minimum atomic E-state index is -0.940. The van der Waals surface area contributed by atoms with Gasteiger partial charge < -0.3 is 14.4 Å². The van der Waals surface area contributed by atoms with E-state index in [1.54, 1.807) is 18.5 Å². The van der Waals surface area contributed by atoms with Gasteiger partial charge in [-0.2, -0.15) is 5.10 Å². The third-order valence-corrected chi connectivity index (χ3v) is 4.22. The molecule has 6 heteroatoms. The fourth-order valence-electron chi connectivity index (χ4n) is 2.25. The van der Waals surface area contributed by atoms with E-state index in [1.807, 2.05) is 40.7 Å². The molecule has 0 radical (unpaired) electrons. The Kier molecular flexibility index (Phi) is 3.56. The summed E-state index contributed by atoms with van der Waals surface area (Å²) in [5.74, 6) is 0. The topological polar surface area (TPSA) is 56.5 Å². The highest BCUT2D eigenvalue weighted by atomic mass is 16.7. The van der Waals surface area contributed by atoms with E-state index in [9.17, 15) is 5.11 Å². The fourth-order valence-corrected chi connectivity index (χ4v) is 2.25. The number of aryl methyl sites for hydroxylation is 1. The highest BCUT2D eigenvalue weighted by molar-refractivity contribution is 6.61. The SMILES string of the molecule is CCn1nc(B2OC(C)(C)C(C)(C)O2)cc1C(C)(C)O. The monoisotopic (exact) mass is 280 g/mol. The van der Waals surface area contributed by atoms with Crippen molar-refractivity contribution < 1.29 is 14.4 Å². The predicted molar refractivity (Wildman–Crippen MR) is 78.9 cm³/mol.